The first-order chi connectivity index (χ1) is 23.3. The Labute approximate surface area is 293 Å². The van der Waals surface area contributed by atoms with Crippen molar-refractivity contribution in [3.8, 4) is 0 Å². The normalized spacial score (nSPS) is 14.5. The zero-order chi connectivity index (χ0) is 35.4. The maximum Gasteiger partial charge on any atom is 0.472 e. The van der Waals surface area contributed by atoms with E-state index in [1.807, 2.05) is 0 Å². The van der Waals surface area contributed by atoms with E-state index in [0.717, 1.165) is 64.2 Å². The number of carbonyl (C=O) groups is 1. The van der Waals surface area contributed by atoms with Gasteiger partial charge in [0.1, 0.15) is 12.2 Å². The molecule has 3 unspecified atom stereocenters. The molecule has 0 fully saturated rings. The first-order valence-electron chi connectivity index (χ1n) is 19.3. The number of rotatable bonds is 37. The van der Waals surface area contributed by atoms with E-state index < -0.39 is 39.2 Å². The molecule has 3 atom stereocenters. The molecular formula is C38H73O9P. The van der Waals surface area contributed by atoms with Crippen molar-refractivity contribution in [3.63, 3.8) is 0 Å². The van der Waals surface area contributed by atoms with Gasteiger partial charge in [-0.2, -0.15) is 0 Å². The average Bonchev–Trinajstić information content (AvgIpc) is 3.07. The molecule has 0 aromatic heterocycles. The van der Waals surface area contributed by atoms with Gasteiger partial charge in [-0.25, -0.2) is 4.57 Å². The number of esters is 1. The van der Waals surface area contributed by atoms with Crippen LogP contribution in [0.5, 0.6) is 0 Å². The summed E-state index contributed by atoms with van der Waals surface area (Å²) in [6.07, 6.45) is 34.1. The second-order valence-electron chi connectivity index (χ2n) is 12.9. The fourth-order valence-corrected chi connectivity index (χ4v) is 5.90. The van der Waals surface area contributed by atoms with Crippen molar-refractivity contribution >= 4 is 13.8 Å². The molecule has 0 saturated carbocycles. The van der Waals surface area contributed by atoms with E-state index in [1.165, 1.54) is 83.5 Å². The number of hydrogen-bond donors (Lipinski definition) is 3. The summed E-state index contributed by atoms with van der Waals surface area (Å²) < 4.78 is 33.2. The van der Waals surface area contributed by atoms with E-state index in [1.54, 1.807) is 0 Å². The van der Waals surface area contributed by atoms with Gasteiger partial charge in [0.15, 0.2) is 0 Å². The Hall–Kier alpha value is -1.06. The fraction of sp³-hybridized carbons (Fsp3) is 0.868. The highest BCUT2D eigenvalue weighted by Crippen LogP contribution is 2.43. The van der Waals surface area contributed by atoms with Crippen molar-refractivity contribution in [1.29, 1.82) is 0 Å². The predicted octanol–water partition coefficient (Wildman–Crippen LogP) is 9.92. The number of ether oxygens (including phenoxy) is 2. The molecule has 0 bridgehead atoms. The van der Waals surface area contributed by atoms with Crippen LogP contribution in [0.4, 0.5) is 0 Å². The molecule has 0 aliphatic carbocycles. The first kappa shape index (κ1) is 46.9. The van der Waals surface area contributed by atoms with Crippen molar-refractivity contribution in [1.82, 2.24) is 0 Å². The van der Waals surface area contributed by atoms with Crippen molar-refractivity contribution in [2.75, 3.05) is 33.0 Å². The van der Waals surface area contributed by atoms with Gasteiger partial charge in [0.05, 0.1) is 26.4 Å². The Morgan fingerprint density at radius 1 is 0.625 bits per heavy atom. The quantitative estimate of drug-likeness (QED) is 0.0250. The molecule has 0 aliphatic heterocycles. The van der Waals surface area contributed by atoms with Crippen LogP contribution in [0, 0.1) is 0 Å². The number of hydrogen-bond acceptors (Lipinski definition) is 8. The Kier molecular flexibility index (Phi) is 35.0. The number of carbonyl (C=O) groups excluding carboxylic acids is 1. The lowest BCUT2D eigenvalue weighted by Gasteiger charge is -2.20. The van der Waals surface area contributed by atoms with Crippen LogP contribution in [0.3, 0.4) is 0 Å². The fourth-order valence-electron chi connectivity index (χ4n) is 5.11. The zero-order valence-corrected chi connectivity index (χ0v) is 31.6. The van der Waals surface area contributed by atoms with Crippen LogP contribution >= 0.6 is 7.82 Å². The molecule has 10 heteroatoms. The molecule has 284 valence electrons. The lowest BCUT2D eigenvalue weighted by Crippen LogP contribution is -2.29. The standard InChI is InChI=1S/C38H73O9P/c1-3-5-7-9-11-13-15-17-19-21-23-25-27-29-31-44-34-37(35-46-48(42,43)45-33-36(40)32-39)47-38(41)30-28-26-24-22-20-18-16-14-12-10-8-6-4-2/h13-16,36-37,39-40H,3-12,17-35H2,1-2H3,(H,42,43)/b15-13-,16-14-. The SMILES string of the molecule is CCCCCC/C=C\CCCCCCCCOCC(COP(=O)(O)OCC(O)CO)OC(=O)CCCCCCC/C=C\CCCCCC. The minimum Gasteiger partial charge on any atom is -0.457 e. The summed E-state index contributed by atoms with van der Waals surface area (Å²) in [4.78, 5) is 22.5. The van der Waals surface area contributed by atoms with E-state index in [2.05, 4.69) is 38.2 Å². The number of unbranched alkanes of at least 4 members (excludes halogenated alkanes) is 19. The Balaban J connectivity index is 4.25. The Bertz CT molecular complexity index is 805. The summed E-state index contributed by atoms with van der Waals surface area (Å²) in [6, 6.07) is 0. The lowest BCUT2D eigenvalue weighted by molar-refractivity contribution is -0.154. The first-order valence-corrected chi connectivity index (χ1v) is 20.8. The third-order valence-corrected chi connectivity index (χ3v) is 9.06. The van der Waals surface area contributed by atoms with Crippen LogP contribution in [-0.2, 0) is 27.9 Å². The van der Waals surface area contributed by atoms with Gasteiger partial charge in [0, 0.05) is 13.0 Å². The van der Waals surface area contributed by atoms with Crippen LogP contribution in [-0.4, -0.2) is 66.3 Å². The highest BCUT2D eigenvalue weighted by molar-refractivity contribution is 7.47. The average molecular weight is 705 g/mol. The smallest absolute Gasteiger partial charge is 0.457 e. The number of allylic oxidation sites excluding steroid dienone is 4. The summed E-state index contributed by atoms with van der Waals surface area (Å²) in [5, 5.41) is 18.3. The van der Waals surface area contributed by atoms with Gasteiger partial charge in [-0.15, -0.1) is 0 Å². The van der Waals surface area contributed by atoms with Crippen molar-refractivity contribution < 1.29 is 43.0 Å². The molecule has 0 spiro atoms. The van der Waals surface area contributed by atoms with E-state index >= 15 is 0 Å². The molecule has 3 N–H and O–H groups in total. The van der Waals surface area contributed by atoms with E-state index in [0.29, 0.717) is 6.61 Å². The van der Waals surface area contributed by atoms with Crippen LogP contribution < -0.4 is 0 Å². The summed E-state index contributed by atoms with van der Waals surface area (Å²) in [7, 11) is -4.51. The van der Waals surface area contributed by atoms with Gasteiger partial charge in [0.25, 0.3) is 0 Å². The lowest BCUT2D eigenvalue weighted by atomic mass is 10.1. The summed E-state index contributed by atoms with van der Waals surface area (Å²) in [6.45, 7) is 3.46. The Morgan fingerprint density at radius 2 is 1.06 bits per heavy atom. The van der Waals surface area contributed by atoms with Crippen molar-refractivity contribution in [3.05, 3.63) is 24.3 Å². The second-order valence-corrected chi connectivity index (χ2v) is 14.4. The minimum absolute atomic E-state index is 0.0436. The predicted molar refractivity (Wildman–Crippen MR) is 196 cm³/mol. The third-order valence-electron chi connectivity index (χ3n) is 8.11. The summed E-state index contributed by atoms with van der Waals surface area (Å²) >= 11 is 0. The van der Waals surface area contributed by atoms with E-state index in [9.17, 15) is 19.4 Å². The molecule has 48 heavy (non-hydrogen) atoms. The van der Waals surface area contributed by atoms with Gasteiger partial charge in [0.2, 0.25) is 0 Å². The summed E-state index contributed by atoms with van der Waals surface area (Å²) in [5.74, 6) is -0.395. The highest BCUT2D eigenvalue weighted by Gasteiger charge is 2.26. The Morgan fingerprint density at radius 3 is 1.56 bits per heavy atom. The largest absolute Gasteiger partial charge is 0.472 e. The molecule has 0 aromatic carbocycles. The maximum atomic E-state index is 12.5. The molecular weight excluding hydrogens is 631 g/mol. The van der Waals surface area contributed by atoms with Gasteiger partial charge < -0.3 is 24.6 Å². The number of phosphoric ester groups is 1. The van der Waals surface area contributed by atoms with Gasteiger partial charge in [-0.05, 0) is 64.2 Å². The number of phosphoric acid groups is 1. The molecule has 0 amide bonds. The molecule has 0 aliphatic rings. The van der Waals surface area contributed by atoms with Gasteiger partial charge in [-0.3, -0.25) is 13.8 Å². The van der Waals surface area contributed by atoms with Crippen molar-refractivity contribution in [2.45, 2.75) is 180 Å². The van der Waals surface area contributed by atoms with Crippen LogP contribution in [0.15, 0.2) is 24.3 Å². The molecule has 0 rings (SSSR count). The highest BCUT2D eigenvalue weighted by atomic mass is 31.2. The number of aliphatic hydroxyl groups is 2. The number of aliphatic hydroxyl groups excluding tert-OH is 2. The molecule has 0 aromatic rings. The van der Waals surface area contributed by atoms with Crippen LogP contribution in [0.1, 0.15) is 168 Å². The molecule has 9 nitrogen and oxygen atoms in total. The monoisotopic (exact) mass is 704 g/mol. The second kappa shape index (κ2) is 35.8. The zero-order valence-electron chi connectivity index (χ0n) is 30.7. The maximum absolute atomic E-state index is 12.5. The molecule has 0 saturated heterocycles. The van der Waals surface area contributed by atoms with Gasteiger partial charge >= 0.3 is 13.8 Å². The van der Waals surface area contributed by atoms with Crippen molar-refractivity contribution in [2.24, 2.45) is 0 Å². The van der Waals surface area contributed by atoms with E-state index in [-0.39, 0.29) is 19.6 Å². The van der Waals surface area contributed by atoms with E-state index in [4.69, 9.17) is 23.6 Å². The molecule has 0 radical (unpaired) electrons. The minimum atomic E-state index is -4.51. The van der Waals surface area contributed by atoms with Gasteiger partial charge in [-0.1, -0.05) is 122 Å². The van der Waals surface area contributed by atoms with Crippen LogP contribution in [0.25, 0.3) is 0 Å². The third kappa shape index (κ3) is 34.8. The molecule has 0 heterocycles. The van der Waals surface area contributed by atoms with Crippen LogP contribution in [0.2, 0.25) is 0 Å². The summed E-state index contributed by atoms with van der Waals surface area (Å²) in [5.41, 5.74) is 0. The topological polar surface area (TPSA) is 132 Å².